The Morgan fingerprint density at radius 3 is 2.33 bits per heavy atom. The summed E-state index contributed by atoms with van der Waals surface area (Å²) in [5.41, 5.74) is -0.589. The third kappa shape index (κ3) is 3.09. The van der Waals surface area contributed by atoms with Crippen LogP contribution in [0.1, 0.15) is 41.0 Å². The van der Waals surface area contributed by atoms with Crippen LogP contribution in [0, 0.1) is 5.41 Å². The highest BCUT2D eigenvalue weighted by Gasteiger charge is 2.47. The van der Waals surface area contributed by atoms with Crippen molar-refractivity contribution >= 4 is 6.09 Å². The first-order valence-corrected chi connectivity index (χ1v) is 5.29. The zero-order valence-corrected chi connectivity index (χ0v) is 10.1. The molecular weight excluding hydrogens is 194 g/mol. The summed E-state index contributed by atoms with van der Waals surface area (Å²) < 4.78 is 5.10. The van der Waals surface area contributed by atoms with Crippen LogP contribution < -0.4 is 5.32 Å². The number of hydrogen-bond acceptors (Lipinski definition) is 3. The Morgan fingerprint density at radius 2 is 2.00 bits per heavy atom. The van der Waals surface area contributed by atoms with Crippen LogP contribution in [0.15, 0.2) is 0 Å². The monoisotopic (exact) mass is 215 g/mol. The number of ether oxygens (including phenoxy) is 1. The summed E-state index contributed by atoms with van der Waals surface area (Å²) in [6.45, 7) is 9.39. The molecule has 0 aromatic rings. The van der Waals surface area contributed by atoms with Gasteiger partial charge < -0.3 is 15.2 Å². The number of carbonyl (C=O) groups excluding carboxylic acids is 1. The lowest BCUT2D eigenvalue weighted by atomic mass is 9.65. The second-order valence-corrected chi connectivity index (χ2v) is 5.89. The molecule has 2 atom stereocenters. The van der Waals surface area contributed by atoms with Crippen LogP contribution in [-0.2, 0) is 4.74 Å². The Balaban J connectivity index is 2.36. The summed E-state index contributed by atoms with van der Waals surface area (Å²) in [5, 5.41) is 12.4. The molecule has 0 bridgehead atoms. The van der Waals surface area contributed by atoms with E-state index < -0.39 is 17.8 Å². The Labute approximate surface area is 91.0 Å². The molecule has 4 nitrogen and oxygen atoms in total. The minimum atomic E-state index is -0.492. The van der Waals surface area contributed by atoms with Crippen LogP contribution in [0.3, 0.4) is 0 Å². The first-order chi connectivity index (χ1) is 6.62. The molecule has 0 aromatic heterocycles. The second-order valence-electron chi connectivity index (χ2n) is 5.89. The molecule has 0 aliphatic heterocycles. The van der Waals surface area contributed by atoms with Gasteiger partial charge >= 0.3 is 6.09 Å². The smallest absolute Gasteiger partial charge is 0.407 e. The molecule has 4 heteroatoms. The van der Waals surface area contributed by atoms with Crippen LogP contribution in [0.25, 0.3) is 0 Å². The van der Waals surface area contributed by atoms with Gasteiger partial charge in [-0.05, 0) is 32.6 Å². The second kappa shape index (κ2) is 3.67. The van der Waals surface area contributed by atoms with Crippen LogP contribution in [0.2, 0.25) is 0 Å². The van der Waals surface area contributed by atoms with Crippen molar-refractivity contribution in [1.29, 1.82) is 0 Å². The molecule has 1 aliphatic rings. The Kier molecular flexibility index (Phi) is 3.01. The molecule has 0 saturated heterocycles. The summed E-state index contributed by atoms with van der Waals surface area (Å²) in [7, 11) is 0. The van der Waals surface area contributed by atoms with E-state index in [2.05, 4.69) is 5.32 Å². The van der Waals surface area contributed by atoms with E-state index in [0.717, 1.165) is 6.42 Å². The molecule has 0 radical (unpaired) electrons. The summed E-state index contributed by atoms with van der Waals surface area (Å²) in [6.07, 6.45) is -0.153. The number of aliphatic hydroxyl groups is 1. The van der Waals surface area contributed by atoms with Gasteiger partial charge in [-0.25, -0.2) is 4.79 Å². The normalized spacial score (nSPS) is 29.2. The van der Waals surface area contributed by atoms with Crippen molar-refractivity contribution in [2.24, 2.45) is 5.41 Å². The van der Waals surface area contributed by atoms with Crippen molar-refractivity contribution in [2.75, 3.05) is 0 Å². The molecule has 1 rings (SSSR count). The van der Waals surface area contributed by atoms with Crippen molar-refractivity contribution in [3.63, 3.8) is 0 Å². The number of carbonyl (C=O) groups is 1. The van der Waals surface area contributed by atoms with Gasteiger partial charge in [0.2, 0.25) is 0 Å². The summed E-state index contributed by atoms with van der Waals surface area (Å²) >= 11 is 0. The van der Waals surface area contributed by atoms with E-state index in [1.54, 1.807) is 0 Å². The highest BCUT2D eigenvalue weighted by atomic mass is 16.6. The lowest BCUT2D eigenvalue weighted by Crippen LogP contribution is -2.61. The van der Waals surface area contributed by atoms with Gasteiger partial charge in [0, 0.05) is 0 Å². The van der Waals surface area contributed by atoms with Gasteiger partial charge in [-0.3, -0.25) is 0 Å². The number of amides is 1. The molecule has 0 unspecified atom stereocenters. The standard InChI is InChI=1S/C11H21NO3/c1-10(2,3)15-9(14)12-7-6-11(4,5)8(7)13/h7-8,13H,6H2,1-5H3,(H,12,14)/t7-,8-/m1/s1. The summed E-state index contributed by atoms with van der Waals surface area (Å²) in [6, 6.07) is -0.171. The van der Waals surface area contributed by atoms with Crippen LogP contribution in [0.4, 0.5) is 4.79 Å². The van der Waals surface area contributed by atoms with E-state index in [4.69, 9.17) is 4.74 Å². The van der Waals surface area contributed by atoms with E-state index in [1.165, 1.54) is 0 Å². The highest BCUT2D eigenvalue weighted by Crippen LogP contribution is 2.40. The topological polar surface area (TPSA) is 58.6 Å². The molecule has 0 heterocycles. The van der Waals surface area contributed by atoms with E-state index in [-0.39, 0.29) is 11.5 Å². The van der Waals surface area contributed by atoms with Crippen molar-refractivity contribution in [1.82, 2.24) is 5.32 Å². The average molecular weight is 215 g/mol. The lowest BCUT2D eigenvalue weighted by Gasteiger charge is -2.48. The summed E-state index contributed by atoms with van der Waals surface area (Å²) in [4.78, 5) is 11.4. The van der Waals surface area contributed by atoms with Gasteiger partial charge in [-0.15, -0.1) is 0 Å². The Hall–Kier alpha value is -0.770. The van der Waals surface area contributed by atoms with Crippen molar-refractivity contribution in [3.8, 4) is 0 Å². The maximum atomic E-state index is 11.4. The van der Waals surface area contributed by atoms with Crippen LogP contribution in [-0.4, -0.2) is 28.9 Å². The van der Waals surface area contributed by atoms with E-state index in [1.807, 2.05) is 34.6 Å². The lowest BCUT2D eigenvalue weighted by molar-refractivity contribution is -0.0739. The molecule has 1 fully saturated rings. The van der Waals surface area contributed by atoms with Gasteiger partial charge in [0.25, 0.3) is 0 Å². The number of hydrogen-bond donors (Lipinski definition) is 2. The maximum absolute atomic E-state index is 11.4. The molecule has 1 amide bonds. The minimum absolute atomic E-state index is 0.0975. The van der Waals surface area contributed by atoms with Crippen molar-refractivity contribution in [2.45, 2.75) is 58.8 Å². The molecule has 1 aliphatic carbocycles. The largest absolute Gasteiger partial charge is 0.444 e. The van der Waals surface area contributed by atoms with E-state index in [0.29, 0.717) is 0 Å². The molecule has 0 aromatic carbocycles. The quantitative estimate of drug-likeness (QED) is 0.699. The van der Waals surface area contributed by atoms with Gasteiger partial charge in [0.05, 0.1) is 12.1 Å². The van der Waals surface area contributed by atoms with Gasteiger partial charge in [-0.1, -0.05) is 13.8 Å². The van der Waals surface area contributed by atoms with E-state index >= 15 is 0 Å². The minimum Gasteiger partial charge on any atom is -0.444 e. The molecule has 1 saturated carbocycles. The first-order valence-electron chi connectivity index (χ1n) is 5.29. The van der Waals surface area contributed by atoms with E-state index in [9.17, 15) is 9.90 Å². The van der Waals surface area contributed by atoms with Crippen LogP contribution in [0.5, 0.6) is 0 Å². The van der Waals surface area contributed by atoms with Gasteiger partial charge in [0.1, 0.15) is 5.60 Å². The van der Waals surface area contributed by atoms with Crippen molar-refractivity contribution in [3.05, 3.63) is 0 Å². The summed E-state index contributed by atoms with van der Waals surface area (Å²) in [5.74, 6) is 0. The van der Waals surface area contributed by atoms with Crippen LogP contribution >= 0.6 is 0 Å². The fourth-order valence-corrected chi connectivity index (χ4v) is 1.77. The molecule has 0 spiro atoms. The van der Waals surface area contributed by atoms with Gasteiger partial charge in [-0.2, -0.15) is 0 Å². The Morgan fingerprint density at radius 1 is 1.47 bits per heavy atom. The number of rotatable bonds is 1. The average Bonchev–Trinajstić information content (AvgIpc) is 1.99. The first kappa shape index (κ1) is 12.3. The fourth-order valence-electron chi connectivity index (χ4n) is 1.77. The third-order valence-corrected chi connectivity index (χ3v) is 2.63. The number of aliphatic hydroxyl groups excluding tert-OH is 1. The zero-order valence-electron chi connectivity index (χ0n) is 10.1. The van der Waals surface area contributed by atoms with Crippen molar-refractivity contribution < 1.29 is 14.6 Å². The molecular formula is C11H21NO3. The zero-order chi connectivity index (χ0) is 11.9. The molecule has 88 valence electrons. The SMILES string of the molecule is CC(C)(C)OC(=O)N[C@@H]1CC(C)(C)[C@@H]1O. The number of alkyl carbamates (subject to hydrolysis) is 1. The maximum Gasteiger partial charge on any atom is 0.407 e. The van der Waals surface area contributed by atoms with Gasteiger partial charge in [0.15, 0.2) is 0 Å². The third-order valence-electron chi connectivity index (χ3n) is 2.63. The fraction of sp³-hybridized carbons (Fsp3) is 0.909. The predicted octanol–water partition coefficient (Wildman–Crippen LogP) is 1.67. The number of nitrogens with one attached hydrogen (secondary N) is 1. The highest BCUT2D eigenvalue weighted by molar-refractivity contribution is 5.68. The Bertz CT molecular complexity index is 255. The predicted molar refractivity (Wildman–Crippen MR) is 57.6 cm³/mol. The molecule has 2 N–H and O–H groups in total. The molecule has 15 heavy (non-hydrogen) atoms.